The molecule has 0 bridgehead atoms. The average molecular weight is 438 g/mol. The van der Waals surface area contributed by atoms with Gasteiger partial charge in [0.1, 0.15) is 10.2 Å². The van der Waals surface area contributed by atoms with E-state index in [1.807, 2.05) is 24.3 Å². The summed E-state index contributed by atoms with van der Waals surface area (Å²) in [6.45, 7) is 1.65. The fourth-order valence-corrected chi connectivity index (χ4v) is 3.94. The van der Waals surface area contributed by atoms with Crippen LogP contribution in [0.4, 0.5) is 5.69 Å². The van der Waals surface area contributed by atoms with Crippen LogP contribution in [0.2, 0.25) is 5.15 Å². The summed E-state index contributed by atoms with van der Waals surface area (Å²) >= 11 is 7.31. The van der Waals surface area contributed by atoms with Gasteiger partial charge in [0, 0.05) is 17.4 Å². The Kier molecular flexibility index (Phi) is 5.74. The van der Waals surface area contributed by atoms with Crippen LogP contribution >= 0.6 is 22.9 Å². The van der Waals surface area contributed by atoms with Crippen LogP contribution in [0.3, 0.4) is 0 Å². The number of rotatable bonds is 5. The van der Waals surface area contributed by atoms with Crippen LogP contribution in [0.5, 0.6) is 0 Å². The van der Waals surface area contributed by atoms with Crippen molar-refractivity contribution in [2.75, 3.05) is 11.9 Å². The minimum atomic E-state index is -0.643. The normalized spacial score (nSPS) is 10.7. The fourth-order valence-electron chi connectivity index (χ4n) is 2.76. The highest BCUT2D eigenvalue weighted by Crippen LogP contribution is 2.31. The lowest BCUT2D eigenvalue weighted by Crippen LogP contribution is -2.20. The Bertz CT molecular complexity index is 1220. The third-order valence-corrected chi connectivity index (χ3v) is 5.55. The number of fused-ring (bicyclic) bond motifs is 1. The molecule has 2 heterocycles. The van der Waals surface area contributed by atoms with Crippen LogP contribution in [0, 0.1) is 6.92 Å². The van der Waals surface area contributed by atoms with Crippen molar-refractivity contribution in [2.45, 2.75) is 6.92 Å². The molecule has 150 valence electrons. The molecule has 1 amide bonds. The van der Waals surface area contributed by atoms with E-state index in [4.69, 9.17) is 16.3 Å². The SMILES string of the molecule is Cc1ccc2nc(-c3ccc(NC(=O)COC(=O)c4ccc(Cl)nc4)cc3)sc2c1. The maximum absolute atomic E-state index is 12.1. The van der Waals surface area contributed by atoms with Crippen molar-refractivity contribution in [3.8, 4) is 10.6 Å². The van der Waals surface area contributed by atoms with Gasteiger partial charge in [0.05, 0.1) is 15.8 Å². The van der Waals surface area contributed by atoms with Crippen LogP contribution in [0.1, 0.15) is 15.9 Å². The topological polar surface area (TPSA) is 81.2 Å². The lowest BCUT2D eigenvalue weighted by atomic mass is 10.2. The number of nitrogens with zero attached hydrogens (tertiary/aromatic N) is 2. The van der Waals surface area contributed by atoms with E-state index >= 15 is 0 Å². The van der Waals surface area contributed by atoms with Crippen LogP contribution in [0.15, 0.2) is 60.8 Å². The number of aryl methyl sites for hydroxylation is 1. The molecule has 0 spiro atoms. The zero-order valence-corrected chi connectivity index (χ0v) is 17.5. The number of esters is 1. The van der Waals surface area contributed by atoms with Gasteiger partial charge in [-0.2, -0.15) is 0 Å². The van der Waals surface area contributed by atoms with E-state index in [1.165, 1.54) is 23.9 Å². The standard InChI is InChI=1S/C22H16ClN3O3S/c1-13-2-8-17-18(10-13)30-21(26-17)14-3-6-16(7-4-14)25-20(27)12-29-22(28)15-5-9-19(23)24-11-15/h2-11H,12H2,1H3,(H,25,27). The van der Waals surface area contributed by atoms with Crippen LogP contribution in [-0.4, -0.2) is 28.5 Å². The first kappa shape index (κ1) is 20.0. The number of aromatic nitrogens is 2. The Labute approximate surface area is 181 Å². The van der Waals surface area contributed by atoms with Crippen molar-refractivity contribution in [2.24, 2.45) is 0 Å². The highest BCUT2D eigenvalue weighted by atomic mass is 35.5. The van der Waals surface area contributed by atoms with Crippen LogP contribution in [-0.2, 0) is 9.53 Å². The number of anilines is 1. The summed E-state index contributed by atoms with van der Waals surface area (Å²) in [6, 6.07) is 16.5. The molecular weight excluding hydrogens is 422 g/mol. The van der Waals surface area contributed by atoms with E-state index in [-0.39, 0.29) is 10.7 Å². The first-order valence-electron chi connectivity index (χ1n) is 9.04. The molecule has 30 heavy (non-hydrogen) atoms. The predicted octanol–water partition coefficient (Wildman–Crippen LogP) is 5.12. The number of thiazole rings is 1. The maximum atomic E-state index is 12.1. The summed E-state index contributed by atoms with van der Waals surface area (Å²) in [5.41, 5.74) is 3.96. The summed E-state index contributed by atoms with van der Waals surface area (Å²) in [5, 5.41) is 3.89. The lowest BCUT2D eigenvalue weighted by molar-refractivity contribution is -0.119. The molecule has 0 atom stereocenters. The molecule has 0 fully saturated rings. The first-order valence-corrected chi connectivity index (χ1v) is 10.2. The molecule has 0 aliphatic rings. The highest BCUT2D eigenvalue weighted by molar-refractivity contribution is 7.21. The van der Waals surface area contributed by atoms with Crippen molar-refractivity contribution in [3.63, 3.8) is 0 Å². The molecule has 2 aromatic heterocycles. The van der Waals surface area contributed by atoms with E-state index in [0.717, 1.165) is 20.8 Å². The molecule has 0 radical (unpaired) electrons. The number of nitrogens with one attached hydrogen (secondary N) is 1. The van der Waals surface area contributed by atoms with Gasteiger partial charge in [-0.1, -0.05) is 17.7 Å². The third-order valence-electron chi connectivity index (χ3n) is 4.26. The largest absolute Gasteiger partial charge is 0.452 e. The molecule has 0 unspecified atom stereocenters. The van der Waals surface area contributed by atoms with Crippen molar-refractivity contribution in [1.29, 1.82) is 0 Å². The number of pyridine rings is 1. The summed E-state index contributed by atoms with van der Waals surface area (Å²) in [4.78, 5) is 32.5. The smallest absolute Gasteiger partial charge is 0.340 e. The number of carbonyl (C=O) groups is 2. The average Bonchev–Trinajstić information content (AvgIpc) is 3.16. The van der Waals surface area contributed by atoms with E-state index in [0.29, 0.717) is 5.69 Å². The van der Waals surface area contributed by atoms with Crippen molar-refractivity contribution >= 4 is 50.7 Å². The molecule has 4 aromatic rings. The molecule has 0 saturated heterocycles. The van der Waals surface area contributed by atoms with Gasteiger partial charge in [-0.15, -0.1) is 11.3 Å². The second-order valence-electron chi connectivity index (χ2n) is 6.56. The zero-order valence-electron chi connectivity index (χ0n) is 15.9. The quantitative estimate of drug-likeness (QED) is 0.346. The summed E-state index contributed by atoms with van der Waals surface area (Å²) in [7, 11) is 0. The Hall–Kier alpha value is -3.29. The Balaban J connectivity index is 1.36. The monoisotopic (exact) mass is 437 g/mol. The van der Waals surface area contributed by atoms with Gasteiger partial charge in [-0.05, 0) is 61.0 Å². The van der Waals surface area contributed by atoms with Gasteiger partial charge >= 0.3 is 5.97 Å². The molecule has 0 aliphatic heterocycles. The molecule has 0 saturated carbocycles. The zero-order chi connectivity index (χ0) is 21.1. The number of hydrogen-bond donors (Lipinski definition) is 1. The summed E-state index contributed by atoms with van der Waals surface area (Å²) in [5.74, 6) is -1.08. The van der Waals surface area contributed by atoms with Crippen molar-refractivity contribution in [1.82, 2.24) is 9.97 Å². The molecular formula is C22H16ClN3O3S. The summed E-state index contributed by atoms with van der Waals surface area (Å²) in [6.07, 6.45) is 1.30. The predicted molar refractivity (Wildman–Crippen MR) is 118 cm³/mol. The van der Waals surface area contributed by atoms with Gasteiger partial charge < -0.3 is 10.1 Å². The Morgan fingerprint density at radius 1 is 1.10 bits per heavy atom. The van der Waals surface area contributed by atoms with Gasteiger partial charge in [-0.25, -0.2) is 14.8 Å². The highest BCUT2D eigenvalue weighted by Gasteiger charge is 2.11. The Morgan fingerprint density at radius 3 is 2.63 bits per heavy atom. The maximum Gasteiger partial charge on any atom is 0.340 e. The van der Waals surface area contributed by atoms with Gasteiger partial charge in [-0.3, -0.25) is 4.79 Å². The van der Waals surface area contributed by atoms with Crippen LogP contribution < -0.4 is 5.32 Å². The fraction of sp³-hybridized carbons (Fsp3) is 0.0909. The van der Waals surface area contributed by atoms with Gasteiger partial charge in [0.15, 0.2) is 6.61 Å². The minimum Gasteiger partial charge on any atom is -0.452 e. The van der Waals surface area contributed by atoms with E-state index in [1.54, 1.807) is 23.5 Å². The molecule has 2 aromatic carbocycles. The van der Waals surface area contributed by atoms with Crippen LogP contribution in [0.25, 0.3) is 20.8 Å². The molecule has 0 aliphatic carbocycles. The number of hydrogen-bond acceptors (Lipinski definition) is 6. The van der Waals surface area contributed by atoms with E-state index in [2.05, 4.69) is 28.3 Å². The number of ether oxygens (including phenoxy) is 1. The lowest BCUT2D eigenvalue weighted by Gasteiger charge is -2.07. The number of amides is 1. The molecule has 1 N–H and O–H groups in total. The number of halogens is 1. The van der Waals surface area contributed by atoms with Gasteiger partial charge in [0.25, 0.3) is 5.91 Å². The molecule has 6 nitrogen and oxygen atoms in total. The van der Waals surface area contributed by atoms with E-state index in [9.17, 15) is 9.59 Å². The number of carbonyl (C=O) groups excluding carboxylic acids is 2. The third kappa shape index (κ3) is 4.64. The van der Waals surface area contributed by atoms with Crippen molar-refractivity contribution in [3.05, 3.63) is 77.1 Å². The second-order valence-corrected chi connectivity index (χ2v) is 7.98. The number of benzene rings is 2. The minimum absolute atomic E-state index is 0.225. The molecule has 8 heteroatoms. The van der Waals surface area contributed by atoms with Crippen molar-refractivity contribution < 1.29 is 14.3 Å². The van der Waals surface area contributed by atoms with Gasteiger partial charge in [0.2, 0.25) is 0 Å². The second kappa shape index (κ2) is 8.61. The van der Waals surface area contributed by atoms with E-state index < -0.39 is 18.5 Å². The summed E-state index contributed by atoms with van der Waals surface area (Å²) < 4.78 is 6.13. The molecule has 4 rings (SSSR count). The Morgan fingerprint density at radius 2 is 1.90 bits per heavy atom. The first-order chi connectivity index (χ1) is 14.5.